The van der Waals surface area contributed by atoms with Gasteiger partial charge in [0.25, 0.3) is 0 Å². The van der Waals surface area contributed by atoms with Crippen molar-refractivity contribution in [3.63, 3.8) is 0 Å². The molecule has 148 valence electrons. The normalized spacial score (nSPS) is 12.3. The van der Waals surface area contributed by atoms with Crippen LogP contribution in [0.2, 0.25) is 0 Å². The first-order valence-electron chi connectivity index (χ1n) is 10.0. The fourth-order valence-corrected chi connectivity index (χ4v) is 3.79. The van der Waals surface area contributed by atoms with Gasteiger partial charge in [0.15, 0.2) is 0 Å². The van der Waals surface area contributed by atoms with Crippen LogP contribution in [-0.4, -0.2) is 16.1 Å². The molecule has 0 bridgehead atoms. The Labute approximate surface area is 176 Å². The summed E-state index contributed by atoms with van der Waals surface area (Å²) in [4.78, 5) is 14.4. The molecule has 3 heteroatoms. The molecule has 0 atom stereocenters. The first kappa shape index (κ1) is 19.5. The Morgan fingerprint density at radius 2 is 1.60 bits per heavy atom. The second kappa shape index (κ2) is 8.66. The summed E-state index contributed by atoms with van der Waals surface area (Å²) in [6.45, 7) is 2.18. The number of carboxylic acids is 1. The Kier molecular flexibility index (Phi) is 5.62. The molecule has 0 aliphatic rings. The molecular weight excluding hydrogens is 370 g/mol. The Hall–Kier alpha value is -3.85. The summed E-state index contributed by atoms with van der Waals surface area (Å²) in [5.74, 6) is -0.949. The highest BCUT2D eigenvalue weighted by atomic mass is 16.4. The molecular formula is C27H23NO2. The van der Waals surface area contributed by atoms with Gasteiger partial charge in [-0.15, -0.1) is 0 Å². The second-order valence-corrected chi connectivity index (χ2v) is 7.14. The molecule has 30 heavy (non-hydrogen) atoms. The summed E-state index contributed by atoms with van der Waals surface area (Å²) in [5.41, 5.74) is 7.75. The molecule has 0 radical (unpaired) electrons. The first-order chi connectivity index (χ1) is 14.7. The number of hydrogen-bond acceptors (Lipinski definition) is 1. The number of hydrogen-bond donors (Lipinski definition) is 2. The van der Waals surface area contributed by atoms with Gasteiger partial charge in [0, 0.05) is 28.2 Å². The lowest BCUT2D eigenvalue weighted by Crippen LogP contribution is -1.95. The van der Waals surface area contributed by atoms with Gasteiger partial charge in [0.2, 0.25) is 0 Å². The third-order valence-corrected chi connectivity index (χ3v) is 5.19. The van der Waals surface area contributed by atoms with E-state index in [0.717, 1.165) is 40.4 Å². The van der Waals surface area contributed by atoms with Crippen molar-refractivity contribution >= 4 is 34.1 Å². The minimum Gasteiger partial charge on any atom is -0.478 e. The van der Waals surface area contributed by atoms with E-state index in [2.05, 4.69) is 66.5 Å². The van der Waals surface area contributed by atoms with Crippen LogP contribution < -0.4 is 0 Å². The average Bonchev–Trinajstić information content (AvgIpc) is 3.20. The molecule has 1 aromatic heterocycles. The number of carbonyl (C=O) groups is 1. The summed E-state index contributed by atoms with van der Waals surface area (Å²) in [6.07, 6.45) is 3.65. The molecule has 0 amide bonds. The fourth-order valence-electron chi connectivity index (χ4n) is 3.79. The zero-order chi connectivity index (χ0) is 20.9. The highest BCUT2D eigenvalue weighted by molar-refractivity contribution is 6.00. The number of carboxylic acid groups (broad SMARTS) is 1. The molecule has 0 spiro atoms. The number of fused-ring (bicyclic) bond motifs is 1. The number of aliphatic carboxylic acids is 1. The number of aromatic nitrogens is 1. The predicted molar refractivity (Wildman–Crippen MR) is 124 cm³/mol. The Morgan fingerprint density at radius 1 is 0.900 bits per heavy atom. The predicted octanol–water partition coefficient (Wildman–Crippen LogP) is 6.63. The lowest BCUT2D eigenvalue weighted by Gasteiger charge is -2.15. The van der Waals surface area contributed by atoms with E-state index in [0.29, 0.717) is 0 Å². The van der Waals surface area contributed by atoms with Crippen LogP contribution in [0, 0.1) is 0 Å². The summed E-state index contributed by atoms with van der Waals surface area (Å²) >= 11 is 0. The topological polar surface area (TPSA) is 53.1 Å². The maximum absolute atomic E-state index is 10.8. The van der Waals surface area contributed by atoms with Crippen molar-refractivity contribution in [1.82, 2.24) is 4.98 Å². The van der Waals surface area contributed by atoms with Gasteiger partial charge in [0.05, 0.1) is 0 Å². The van der Waals surface area contributed by atoms with Crippen LogP contribution in [0.4, 0.5) is 0 Å². The van der Waals surface area contributed by atoms with E-state index in [-0.39, 0.29) is 0 Å². The molecule has 0 aliphatic heterocycles. The molecule has 2 N–H and O–H groups in total. The largest absolute Gasteiger partial charge is 0.478 e. The summed E-state index contributed by atoms with van der Waals surface area (Å²) in [5, 5.41) is 10.0. The molecule has 4 rings (SSSR count). The zero-order valence-electron chi connectivity index (χ0n) is 16.8. The molecule has 0 aliphatic carbocycles. The van der Waals surface area contributed by atoms with Crippen molar-refractivity contribution in [2.75, 3.05) is 0 Å². The fraction of sp³-hybridized carbons (Fsp3) is 0.0741. The van der Waals surface area contributed by atoms with Crippen LogP contribution in [0.15, 0.2) is 91.0 Å². The Balaban J connectivity index is 1.89. The zero-order valence-corrected chi connectivity index (χ0v) is 16.8. The second-order valence-electron chi connectivity index (χ2n) is 7.14. The van der Waals surface area contributed by atoms with Crippen LogP contribution in [-0.2, 0) is 4.79 Å². The first-order valence-corrected chi connectivity index (χ1v) is 10.0. The van der Waals surface area contributed by atoms with E-state index in [1.807, 2.05) is 30.3 Å². The molecule has 0 fully saturated rings. The third kappa shape index (κ3) is 4.11. The standard InChI is InChI=1S/C27H23NO2/c1-2-23(20-8-4-3-5-9-20)27(25-18-22-10-6-7-11-24(22)28-25)21-15-12-19(13-16-21)14-17-26(29)30/h3-18,28H,2H2,1H3,(H,29,30)/b17-14+,27-23+. The monoisotopic (exact) mass is 393 g/mol. The van der Waals surface area contributed by atoms with Crippen molar-refractivity contribution in [1.29, 1.82) is 0 Å². The van der Waals surface area contributed by atoms with E-state index < -0.39 is 5.97 Å². The smallest absolute Gasteiger partial charge is 0.328 e. The average molecular weight is 393 g/mol. The van der Waals surface area contributed by atoms with Gasteiger partial charge in [-0.1, -0.05) is 79.7 Å². The maximum Gasteiger partial charge on any atom is 0.328 e. The summed E-state index contributed by atoms with van der Waals surface area (Å²) in [7, 11) is 0. The van der Waals surface area contributed by atoms with Crippen LogP contribution >= 0.6 is 0 Å². The van der Waals surface area contributed by atoms with Crippen LogP contribution in [0.1, 0.15) is 35.7 Å². The van der Waals surface area contributed by atoms with Crippen molar-refractivity contribution in [3.8, 4) is 0 Å². The Morgan fingerprint density at radius 3 is 2.27 bits per heavy atom. The highest BCUT2D eigenvalue weighted by Crippen LogP contribution is 2.35. The summed E-state index contributed by atoms with van der Waals surface area (Å²) in [6, 6.07) is 28.9. The van der Waals surface area contributed by atoms with Gasteiger partial charge >= 0.3 is 5.97 Å². The van der Waals surface area contributed by atoms with E-state index in [1.54, 1.807) is 6.08 Å². The minimum absolute atomic E-state index is 0.856. The third-order valence-electron chi connectivity index (χ3n) is 5.19. The molecule has 3 aromatic carbocycles. The number of nitrogens with one attached hydrogen (secondary N) is 1. The van der Waals surface area contributed by atoms with Crippen molar-refractivity contribution in [3.05, 3.63) is 113 Å². The number of para-hydroxylation sites is 1. The van der Waals surface area contributed by atoms with E-state index in [4.69, 9.17) is 5.11 Å². The highest BCUT2D eigenvalue weighted by Gasteiger charge is 2.15. The van der Waals surface area contributed by atoms with E-state index in [1.165, 1.54) is 16.5 Å². The summed E-state index contributed by atoms with van der Waals surface area (Å²) < 4.78 is 0. The number of benzene rings is 3. The van der Waals surface area contributed by atoms with E-state index >= 15 is 0 Å². The van der Waals surface area contributed by atoms with Gasteiger partial charge < -0.3 is 10.1 Å². The van der Waals surface area contributed by atoms with Crippen LogP contribution in [0.25, 0.3) is 28.1 Å². The maximum atomic E-state index is 10.8. The number of allylic oxidation sites excluding steroid dienone is 1. The molecule has 3 nitrogen and oxygen atoms in total. The quantitative estimate of drug-likeness (QED) is 0.285. The van der Waals surface area contributed by atoms with E-state index in [9.17, 15) is 4.79 Å². The molecule has 0 saturated carbocycles. The van der Waals surface area contributed by atoms with Crippen molar-refractivity contribution in [2.45, 2.75) is 13.3 Å². The van der Waals surface area contributed by atoms with Crippen LogP contribution in [0.5, 0.6) is 0 Å². The number of aromatic amines is 1. The number of H-pyrrole nitrogens is 1. The number of rotatable bonds is 6. The van der Waals surface area contributed by atoms with Gasteiger partial charge in [0.1, 0.15) is 0 Å². The molecule has 0 unspecified atom stereocenters. The van der Waals surface area contributed by atoms with Gasteiger partial charge in [-0.05, 0) is 46.9 Å². The molecule has 4 aromatic rings. The van der Waals surface area contributed by atoms with Crippen molar-refractivity contribution in [2.24, 2.45) is 0 Å². The van der Waals surface area contributed by atoms with Crippen LogP contribution in [0.3, 0.4) is 0 Å². The van der Waals surface area contributed by atoms with Gasteiger partial charge in [-0.3, -0.25) is 0 Å². The minimum atomic E-state index is -0.949. The molecule has 1 heterocycles. The lowest BCUT2D eigenvalue weighted by atomic mass is 9.90. The Bertz CT molecular complexity index is 1200. The molecule has 0 saturated heterocycles. The lowest BCUT2D eigenvalue weighted by molar-refractivity contribution is -0.131. The SMILES string of the molecule is CC/C(=C(/c1ccc(/C=C/C(=O)O)cc1)c1cc2ccccc2[nH]1)c1ccccc1. The van der Waals surface area contributed by atoms with Gasteiger partial charge in [-0.2, -0.15) is 0 Å². The van der Waals surface area contributed by atoms with Gasteiger partial charge in [-0.25, -0.2) is 4.79 Å². The van der Waals surface area contributed by atoms with Crippen molar-refractivity contribution < 1.29 is 9.90 Å².